The van der Waals surface area contributed by atoms with E-state index in [9.17, 15) is 26.0 Å². The first-order valence-electron chi connectivity index (χ1n) is 7.74. The third-order valence-electron chi connectivity index (χ3n) is 3.44. The minimum Gasteiger partial charge on any atom is -0.435 e. The van der Waals surface area contributed by atoms with Crippen molar-refractivity contribution in [1.82, 2.24) is 4.83 Å². The van der Waals surface area contributed by atoms with Gasteiger partial charge in [0.05, 0.1) is 11.1 Å². The van der Waals surface area contributed by atoms with Crippen LogP contribution in [0.3, 0.4) is 0 Å². The van der Waals surface area contributed by atoms with Gasteiger partial charge in [0.1, 0.15) is 11.5 Å². The molecule has 28 heavy (non-hydrogen) atoms. The standard InChI is InChI=1S/C17H16F4N2O4S/c1-10-3-4-11(2)15(7-10)28(24,25)23-22-9-12-5-6-13(26-16(18)19)8-14(12)27-17(20)21/h3-9,16-17,23H,1-2H3. The maximum atomic E-state index is 12.5. The Morgan fingerprint density at radius 2 is 1.68 bits per heavy atom. The fourth-order valence-corrected chi connectivity index (χ4v) is 3.33. The summed E-state index contributed by atoms with van der Waals surface area (Å²) < 4.78 is 82.7. The van der Waals surface area contributed by atoms with Crippen LogP contribution in [-0.2, 0) is 10.0 Å². The summed E-state index contributed by atoms with van der Waals surface area (Å²) in [6, 6.07) is 7.84. The lowest BCUT2D eigenvalue weighted by Crippen LogP contribution is -2.19. The van der Waals surface area contributed by atoms with Crippen molar-refractivity contribution in [2.24, 2.45) is 5.10 Å². The van der Waals surface area contributed by atoms with Crippen LogP contribution in [0.1, 0.15) is 16.7 Å². The van der Waals surface area contributed by atoms with Crippen molar-refractivity contribution in [1.29, 1.82) is 0 Å². The first kappa shape index (κ1) is 21.5. The number of hydrazone groups is 1. The van der Waals surface area contributed by atoms with Gasteiger partial charge in [-0.05, 0) is 43.2 Å². The lowest BCUT2D eigenvalue weighted by atomic mass is 10.2. The van der Waals surface area contributed by atoms with Crippen LogP contribution in [0.25, 0.3) is 0 Å². The van der Waals surface area contributed by atoms with Crippen LogP contribution >= 0.6 is 0 Å². The lowest BCUT2D eigenvalue weighted by Gasteiger charge is -2.11. The first-order chi connectivity index (χ1) is 13.1. The molecule has 0 unspecified atom stereocenters. The zero-order valence-electron chi connectivity index (χ0n) is 14.7. The summed E-state index contributed by atoms with van der Waals surface area (Å²) in [5.74, 6) is -0.915. The normalized spacial score (nSPS) is 12.0. The van der Waals surface area contributed by atoms with Crippen molar-refractivity contribution in [2.45, 2.75) is 32.0 Å². The molecule has 0 heterocycles. The van der Waals surface area contributed by atoms with Crippen LogP contribution < -0.4 is 14.3 Å². The van der Waals surface area contributed by atoms with E-state index in [4.69, 9.17) is 0 Å². The van der Waals surface area contributed by atoms with Crippen LogP contribution in [0.2, 0.25) is 0 Å². The summed E-state index contributed by atoms with van der Waals surface area (Å²) >= 11 is 0. The number of ether oxygens (including phenoxy) is 2. The molecule has 0 amide bonds. The van der Waals surface area contributed by atoms with Crippen LogP contribution in [0.5, 0.6) is 11.5 Å². The summed E-state index contributed by atoms with van der Waals surface area (Å²) in [6.07, 6.45) is 0.909. The molecule has 0 bridgehead atoms. The minimum absolute atomic E-state index is 0.00869. The third-order valence-corrected chi connectivity index (χ3v) is 4.80. The molecular formula is C17H16F4N2O4S. The van der Waals surface area contributed by atoms with E-state index >= 15 is 0 Å². The average Bonchev–Trinajstić information content (AvgIpc) is 2.57. The molecule has 1 N–H and O–H groups in total. The number of hydrogen-bond acceptors (Lipinski definition) is 5. The molecule has 6 nitrogen and oxygen atoms in total. The maximum Gasteiger partial charge on any atom is 0.387 e. The minimum atomic E-state index is -4.00. The van der Waals surface area contributed by atoms with Gasteiger partial charge in [-0.2, -0.15) is 31.1 Å². The van der Waals surface area contributed by atoms with E-state index in [-0.39, 0.29) is 10.5 Å². The topological polar surface area (TPSA) is 77.0 Å². The Hall–Kier alpha value is -2.82. The fraction of sp³-hybridized carbons (Fsp3) is 0.235. The Kier molecular flexibility index (Phi) is 6.84. The van der Waals surface area contributed by atoms with Gasteiger partial charge in [-0.25, -0.2) is 4.83 Å². The molecule has 2 aromatic rings. The lowest BCUT2D eigenvalue weighted by molar-refractivity contribution is -0.0543. The predicted octanol–water partition coefficient (Wildman–Crippen LogP) is 3.82. The SMILES string of the molecule is Cc1ccc(C)c(S(=O)(=O)NN=Cc2ccc(OC(F)F)cc2OC(F)F)c1. The molecule has 0 saturated carbocycles. The molecule has 0 aliphatic heterocycles. The molecule has 0 spiro atoms. The summed E-state index contributed by atoms with van der Waals surface area (Å²) in [5.41, 5.74) is 1.13. The summed E-state index contributed by atoms with van der Waals surface area (Å²) in [6.45, 7) is -3.06. The van der Waals surface area contributed by atoms with Crippen molar-refractivity contribution < 1.29 is 35.5 Å². The molecular weight excluding hydrogens is 404 g/mol. The van der Waals surface area contributed by atoms with Gasteiger partial charge in [0.15, 0.2) is 0 Å². The largest absolute Gasteiger partial charge is 0.435 e. The Bertz CT molecular complexity index is 966. The number of benzene rings is 2. The van der Waals surface area contributed by atoms with E-state index in [0.717, 1.165) is 30.0 Å². The molecule has 2 rings (SSSR count). The van der Waals surface area contributed by atoms with E-state index < -0.39 is 34.7 Å². The average molecular weight is 420 g/mol. The van der Waals surface area contributed by atoms with Gasteiger partial charge in [0.25, 0.3) is 10.0 Å². The van der Waals surface area contributed by atoms with Crippen molar-refractivity contribution in [3.05, 3.63) is 53.1 Å². The molecule has 152 valence electrons. The van der Waals surface area contributed by atoms with Crippen LogP contribution in [-0.4, -0.2) is 27.9 Å². The number of aryl methyl sites for hydroxylation is 2. The third kappa shape index (κ3) is 5.84. The van der Waals surface area contributed by atoms with Gasteiger partial charge < -0.3 is 9.47 Å². The van der Waals surface area contributed by atoms with Gasteiger partial charge in [0, 0.05) is 11.6 Å². The highest BCUT2D eigenvalue weighted by Crippen LogP contribution is 2.26. The zero-order chi connectivity index (χ0) is 20.9. The Morgan fingerprint density at radius 3 is 2.32 bits per heavy atom. The highest BCUT2D eigenvalue weighted by atomic mass is 32.2. The van der Waals surface area contributed by atoms with Crippen molar-refractivity contribution in [3.8, 4) is 11.5 Å². The van der Waals surface area contributed by atoms with Crippen LogP contribution in [0.15, 0.2) is 46.4 Å². The molecule has 11 heteroatoms. The number of halogens is 4. The van der Waals surface area contributed by atoms with E-state index in [1.807, 2.05) is 4.83 Å². The number of rotatable bonds is 8. The number of nitrogens with zero attached hydrogens (tertiary/aromatic N) is 1. The number of hydrogen-bond donors (Lipinski definition) is 1. The molecule has 0 radical (unpaired) electrons. The second-order valence-corrected chi connectivity index (χ2v) is 7.21. The van der Waals surface area contributed by atoms with Gasteiger partial charge in [-0.1, -0.05) is 12.1 Å². The molecule has 0 aliphatic rings. The summed E-state index contributed by atoms with van der Waals surface area (Å²) in [5, 5.41) is 3.54. The van der Waals surface area contributed by atoms with Gasteiger partial charge >= 0.3 is 13.2 Å². The van der Waals surface area contributed by atoms with E-state index in [0.29, 0.717) is 5.56 Å². The summed E-state index contributed by atoms with van der Waals surface area (Å²) in [7, 11) is -4.00. The highest BCUT2D eigenvalue weighted by molar-refractivity contribution is 7.89. The zero-order valence-corrected chi connectivity index (χ0v) is 15.5. The van der Waals surface area contributed by atoms with E-state index in [2.05, 4.69) is 14.6 Å². The maximum absolute atomic E-state index is 12.5. The molecule has 0 saturated heterocycles. The Labute approximate surface area is 158 Å². The van der Waals surface area contributed by atoms with E-state index in [1.54, 1.807) is 26.0 Å². The number of nitrogens with one attached hydrogen (secondary N) is 1. The molecule has 0 fully saturated rings. The molecule has 0 aliphatic carbocycles. The Balaban J connectivity index is 2.26. The monoisotopic (exact) mass is 420 g/mol. The highest BCUT2D eigenvalue weighted by Gasteiger charge is 2.16. The van der Waals surface area contributed by atoms with Crippen LogP contribution in [0.4, 0.5) is 17.6 Å². The predicted molar refractivity (Wildman–Crippen MR) is 93.5 cm³/mol. The van der Waals surface area contributed by atoms with Crippen molar-refractivity contribution in [2.75, 3.05) is 0 Å². The Morgan fingerprint density at radius 1 is 1.00 bits per heavy atom. The fourth-order valence-electron chi connectivity index (χ4n) is 2.21. The van der Waals surface area contributed by atoms with Crippen LogP contribution in [0, 0.1) is 13.8 Å². The second-order valence-electron chi connectivity index (χ2n) is 5.58. The van der Waals surface area contributed by atoms with Crippen molar-refractivity contribution >= 4 is 16.2 Å². The van der Waals surface area contributed by atoms with Crippen molar-refractivity contribution in [3.63, 3.8) is 0 Å². The smallest absolute Gasteiger partial charge is 0.387 e. The number of sulfonamides is 1. The second kappa shape index (κ2) is 8.91. The number of alkyl halides is 4. The first-order valence-corrected chi connectivity index (χ1v) is 9.22. The van der Waals surface area contributed by atoms with Gasteiger partial charge in [0.2, 0.25) is 0 Å². The molecule has 0 aromatic heterocycles. The summed E-state index contributed by atoms with van der Waals surface area (Å²) in [4.78, 5) is 1.98. The molecule has 0 atom stereocenters. The quantitative estimate of drug-likeness (QED) is 0.400. The molecule has 2 aromatic carbocycles. The van der Waals surface area contributed by atoms with Gasteiger partial charge in [-0.15, -0.1) is 0 Å². The van der Waals surface area contributed by atoms with E-state index in [1.165, 1.54) is 6.07 Å². The van der Waals surface area contributed by atoms with Gasteiger partial charge in [-0.3, -0.25) is 0 Å².